The molecule has 2 saturated heterocycles. The number of hydrogen-bond acceptors (Lipinski definition) is 11. The molecule has 0 bridgehead atoms. The van der Waals surface area contributed by atoms with Gasteiger partial charge in [0.05, 0.1) is 24.9 Å². The zero-order valence-electron chi connectivity index (χ0n) is 33.2. The summed E-state index contributed by atoms with van der Waals surface area (Å²) in [5.41, 5.74) is 11.5. The number of carbonyl (C=O) groups excluding carboxylic acids is 5. The number of aliphatic carboxylic acids is 2. The minimum Gasteiger partial charge on any atom is -0.507 e. The summed E-state index contributed by atoms with van der Waals surface area (Å²) in [6, 6.07) is 15.6. The molecule has 0 radical (unpaired) electrons. The van der Waals surface area contributed by atoms with E-state index in [0.29, 0.717) is 32.2 Å². The number of Topliss-reactive ketones (excluding diaryl/α,β-unsaturated/α-hetero) is 1. The van der Waals surface area contributed by atoms with Crippen LogP contribution >= 0.6 is 0 Å². The molecule has 0 aliphatic carbocycles. The van der Waals surface area contributed by atoms with Crippen LogP contribution in [0.2, 0.25) is 5.82 Å². The summed E-state index contributed by atoms with van der Waals surface area (Å²) in [5, 5.41) is 24.5. The van der Waals surface area contributed by atoms with E-state index in [0.717, 1.165) is 11.1 Å². The molecule has 58 heavy (non-hydrogen) atoms. The van der Waals surface area contributed by atoms with Gasteiger partial charge in [0, 0.05) is 31.2 Å². The number of carboxylic acid groups (broad SMARTS) is 2. The van der Waals surface area contributed by atoms with Gasteiger partial charge in [0.2, 0.25) is 17.7 Å². The number of carboxylic acids is 2. The van der Waals surface area contributed by atoms with E-state index < -0.39 is 91.1 Å². The van der Waals surface area contributed by atoms with Crippen LogP contribution in [0.15, 0.2) is 60.7 Å². The number of rotatable bonds is 23. The Morgan fingerprint density at radius 1 is 0.879 bits per heavy atom. The minimum atomic E-state index is -2.20. The summed E-state index contributed by atoms with van der Waals surface area (Å²) < 4.78 is 11.1. The molecule has 0 aromatic heterocycles. The molecule has 3 amide bonds. The smallest absolute Gasteiger partial charge is 0.507 e. The molecular formula is C41H56BN5O11. The van der Waals surface area contributed by atoms with Crippen molar-refractivity contribution in [2.45, 2.75) is 108 Å². The van der Waals surface area contributed by atoms with Gasteiger partial charge in [-0.05, 0) is 68.5 Å². The number of nitrogens with zero attached hydrogens (tertiary/aromatic N) is 1. The van der Waals surface area contributed by atoms with E-state index in [1.807, 2.05) is 74.5 Å². The number of carbonyl (C=O) groups is 7. The summed E-state index contributed by atoms with van der Waals surface area (Å²) in [7, 11) is -1.27. The first-order valence-corrected chi connectivity index (χ1v) is 19.9. The Bertz CT molecular complexity index is 1730. The highest BCUT2D eigenvalue weighted by atomic mass is 16.7. The van der Waals surface area contributed by atoms with Gasteiger partial charge in [0.25, 0.3) is 0 Å². The molecule has 2 aromatic carbocycles. The largest absolute Gasteiger partial charge is 0.533 e. The lowest BCUT2D eigenvalue weighted by Crippen LogP contribution is -2.52. The average molecular weight is 806 g/mol. The molecule has 2 aromatic rings. The van der Waals surface area contributed by atoms with Crippen LogP contribution in [0.25, 0.3) is 0 Å². The van der Waals surface area contributed by atoms with Gasteiger partial charge >= 0.3 is 25.0 Å². The van der Waals surface area contributed by atoms with Crippen molar-refractivity contribution in [1.29, 1.82) is 0 Å². The third-order valence-electron chi connectivity index (χ3n) is 10.5. The Hall–Kier alpha value is -5.13. The molecule has 2 fully saturated rings. The molecular weight excluding hydrogens is 749 g/mol. The first-order chi connectivity index (χ1) is 27.6. The van der Waals surface area contributed by atoms with E-state index in [1.165, 1.54) is 4.90 Å². The molecule has 4 rings (SSSR count). The number of unbranched alkanes of at least 4 members (excludes halogenated alkanes) is 1. The van der Waals surface area contributed by atoms with Crippen molar-refractivity contribution in [3.8, 4) is 0 Å². The lowest BCUT2D eigenvalue weighted by Gasteiger charge is -2.28. The normalized spacial score (nSPS) is 18.2. The predicted octanol–water partition coefficient (Wildman–Crippen LogP) is 1.87. The topological polar surface area (TPSA) is 258 Å². The van der Waals surface area contributed by atoms with Gasteiger partial charge < -0.3 is 46.5 Å². The number of amides is 3. The van der Waals surface area contributed by atoms with Gasteiger partial charge in [-0.25, -0.2) is 0 Å². The van der Waals surface area contributed by atoms with Crippen molar-refractivity contribution in [2.24, 2.45) is 23.3 Å². The number of ketones is 1. The summed E-state index contributed by atoms with van der Waals surface area (Å²) in [6.07, 6.45) is 0.432. The summed E-state index contributed by atoms with van der Waals surface area (Å²) >= 11 is 0. The van der Waals surface area contributed by atoms with E-state index in [2.05, 4.69) is 10.6 Å². The molecule has 2 aliphatic heterocycles. The number of nitrogens with two attached hydrogens (primary N) is 2. The standard InChI is InChI=1S/C41H56BN5O11/c1-26(2)19-29(22-34(48)33(21-28-13-7-4-8-14-28)46-38(54)31(44)20-27-11-5-3-6-12-27)37(53)45-32(15-9-10-17-43)39(55)47-18-16-30(25-47)42-57-40(56)41(58-42,23-35(49)50)24-36(51)52/h3-8,11-14,26,29-33H,9-10,15-25,43-44H2,1-2H3,(H,45,53)(H,46,54)(H,49,50)(H,51,52)/t29-,30?,31+,32+,33+/m0/s1. The molecule has 0 saturated carbocycles. The van der Waals surface area contributed by atoms with Crippen molar-refractivity contribution in [3.05, 3.63) is 71.8 Å². The molecule has 0 spiro atoms. The van der Waals surface area contributed by atoms with Crippen molar-refractivity contribution >= 4 is 48.5 Å². The molecule has 16 nitrogen and oxygen atoms in total. The van der Waals surface area contributed by atoms with E-state index in [4.69, 9.17) is 20.8 Å². The Morgan fingerprint density at radius 3 is 2.03 bits per heavy atom. The van der Waals surface area contributed by atoms with Crippen molar-refractivity contribution in [2.75, 3.05) is 19.6 Å². The lowest BCUT2D eigenvalue weighted by atomic mass is 9.71. The average Bonchev–Trinajstić information content (AvgIpc) is 3.78. The first kappa shape index (κ1) is 45.6. The Morgan fingerprint density at radius 2 is 1.47 bits per heavy atom. The molecule has 314 valence electrons. The van der Waals surface area contributed by atoms with Crippen LogP contribution < -0.4 is 22.1 Å². The molecule has 8 N–H and O–H groups in total. The van der Waals surface area contributed by atoms with Crippen molar-refractivity contribution in [3.63, 3.8) is 0 Å². The fraction of sp³-hybridized carbons (Fsp3) is 0.537. The maximum atomic E-state index is 14.1. The van der Waals surface area contributed by atoms with Crippen LogP contribution in [0.1, 0.15) is 76.3 Å². The maximum absolute atomic E-state index is 14.1. The highest BCUT2D eigenvalue weighted by Crippen LogP contribution is 2.38. The van der Waals surface area contributed by atoms with Gasteiger partial charge in [0.15, 0.2) is 11.4 Å². The van der Waals surface area contributed by atoms with Crippen LogP contribution in [-0.4, -0.2) is 107 Å². The van der Waals surface area contributed by atoms with E-state index in [9.17, 15) is 43.8 Å². The lowest BCUT2D eigenvalue weighted by molar-refractivity contribution is -0.157. The van der Waals surface area contributed by atoms with Gasteiger partial charge in [0.1, 0.15) is 6.04 Å². The molecule has 17 heteroatoms. The molecule has 1 unspecified atom stereocenters. The Kier molecular flexibility index (Phi) is 17.0. The Balaban J connectivity index is 1.47. The van der Waals surface area contributed by atoms with Gasteiger partial charge in [-0.1, -0.05) is 74.5 Å². The van der Waals surface area contributed by atoms with Crippen LogP contribution in [-0.2, 0) is 55.7 Å². The fourth-order valence-electron chi connectivity index (χ4n) is 7.52. The van der Waals surface area contributed by atoms with Crippen LogP contribution in [0.5, 0.6) is 0 Å². The monoisotopic (exact) mass is 805 g/mol. The zero-order valence-corrected chi connectivity index (χ0v) is 33.2. The second-order valence-corrected chi connectivity index (χ2v) is 15.7. The van der Waals surface area contributed by atoms with Crippen LogP contribution in [0.3, 0.4) is 0 Å². The van der Waals surface area contributed by atoms with Gasteiger partial charge in [-0.2, -0.15) is 0 Å². The summed E-state index contributed by atoms with van der Waals surface area (Å²) in [6.45, 7) is 4.45. The van der Waals surface area contributed by atoms with Crippen LogP contribution in [0.4, 0.5) is 0 Å². The zero-order chi connectivity index (χ0) is 42.4. The predicted molar refractivity (Wildman–Crippen MR) is 213 cm³/mol. The molecule has 2 heterocycles. The van der Waals surface area contributed by atoms with Gasteiger partial charge in [-0.3, -0.25) is 33.6 Å². The summed E-state index contributed by atoms with van der Waals surface area (Å²) in [5.74, 6) is -7.13. The SMILES string of the molecule is CC(C)C[C@@H](CC(=O)[C@@H](Cc1ccccc1)NC(=O)[C@H](N)Cc1ccccc1)C(=O)N[C@H](CCCCN)C(=O)N1CCC(B2OC(=O)C(CC(=O)O)(CC(=O)O)O2)C1. The van der Waals surface area contributed by atoms with Crippen molar-refractivity contribution in [1.82, 2.24) is 15.5 Å². The minimum absolute atomic E-state index is 0.000707. The number of benzene rings is 2. The second kappa shape index (κ2) is 21.6. The molecule has 2 aliphatic rings. The van der Waals surface area contributed by atoms with E-state index >= 15 is 0 Å². The van der Waals surface area contributed by atoms with Gasteiger partial charge in [-0.15, -0.1) is 0 Å². The third kappa shape index (κ3) is 13.2. The second-order valence-electron chi connectivity index (χ2n) is 15.7. The molecule has 5 atom stereocenters. The first-order valence-electron chi connectivity index (χ1n) is 19.9. The fourth-order valence-corrected chi connectivity index (χ4v) is 7.52. The third-order valence-corrected chi connectivity index (χ3v) is 10.5. The quantitative estimate of drug-likeness (QED) is 0.0694. The number of nitrogens with one attached hydrogen (secondary N) is 2. The summed E-state index contributed by atoms with van der Waals surface area (Å²) in [4.78, 5) is 92.9. The van der Waals surface area contributed by atoms with Crippen molar-refractivity contribution < 1.29 is 53.1 Å². The van der Waals surface area contributed by atoms with E-state index in [-0.39, 0.29) is 50.5 Å². The highest BCUT2D eigenvalue weighted by molar-refractivity contribution is 6.51. The van der Waals surface area contributed by atoms with E-state index in [1.54, 1.807) is 0 Å². The highest BCUT2D eigenvalue weighted by Gasteiger charge is 2.58. The number of likely N-dealkylation sites (tertiary alicyclic amines) is 1. The maximum Gasteiger partial charge on any atom is 0.533 e. The Labute approximate surface area is 338 Å². The van der Waals surface area contributed by atoms with Crippen LogP contribution in [0, 0.1) is 11.8 Å². The number of hydrogen-bond donors (Lipinski definition) is 6.